The topological polar surface area (TPSA) is 89.1 Å². The number of nitrogens with zero attached hydrogens (tertiary/aromatic N) is 2. The molecule has 0 fully saturated rings. The number of rotatable bonds is 1. The van der Waals surface area contributed by atoms with Crippen LogP contribution in [0.3, 0.4) is 0 Å². The summed E-state index contributed by atoms with van der Waals surface area (Å²) >= 11 is 6.25. The number of nitrogen functional groups attached to an aromatic ring is 1. The van der Waals surface area contributed by atoms with Crippen molar-refractivity contribution in [3.05, 3.63) is 50.8 Å². The summed E-state index contributed by atoms with van der Waals surface area (Å²) in [5, 5.41) is 8.27. The molecule has 106 valence electrons. The van der Waals surface area contributed by atoms with E-state index >= 15 is 0 Å². The molecule has 1 aromatic carbocycles. The molecule has 1 aromatic heterocycles. The lowest BCUT2D eigenvalue weighted by Crippen LogP contribution is -2.03. The first-order valence-electron chi connectivity index (χ1n) is 4.93. The third kappa shape index (κ3) is 4.49. The van der Waals surface area contributed by atoms with Crippen LogP contribution in [0.5, 0.6) is 0 Å². The average molecular weight is 411 g/mol. The number of hydrogen-bond donors (Lipinski definition) is 2. The van der Waals surface area contributed by atoms with Crippen LogP contribution in [0.4, 0.5) is 14.6 Å². The van der Waals surface area contributed by atoms with E-state index in [4.69, 9.17) is 10.8 Å². The second-order valence-corrected chi connectivity index (χ2v) is 4.83. The van der Waals surface area contributed by atoms with Crippen LogP contribution in [0.1, 0.15) is 10.4 Å². The van der Waals surface area contributed by atoms with E-state index in [2.05, 4.69) is 41.8 Å². The summed E-state index contributed by atoms with van der Waals surface area (Å²) in [6.07, 6.45) is 1.54. The molecule has 0 radical (unpaired) electrons. The molecule has 0 spiro atoms. The first-order chi connectivity index (χ1) is 9.32. The van der Waals surface area contributed by atoms with Crippen molar-refractivity contribution >= 4 is 43.6 Å². The molecular weight excluding hydrogens is 404 g/mol. The van der Waals surface area contributed by atoms with Gasteiger partial charge in [-0.1, -0.05) is 6.07 Å². The fourth-order valence-electron chi connectivity index (χ4n) is 1.06. The summed E-state index contributed by atoms with van der Waals surface area (Å²) in [5.41, 5.74) is 4.44. The quantitative estimate of drug-likeness (QED) is 0.753. The molecule has 9 heteroatoms. The van der Waals surface area contributed by atoms with Gasteiger partial charge in [-0.05, 0) is 44.0 Å². The lowest BCUT2D eigenvalue weighted by atomic mass is 10.2. The second kappa shape index (κ2) is 7.25. The highest BCUT2D eigenvalue weighted by atomic mass is 79.9. The largest absolute Gasteiger partial charge is 0.477 e. The number of halogens is 4. The Morgan fingerprint density at radius 3 is 2.15 bits per heavy atom. The summed E-state index contributed by atoms with van der Waals surface area (Å²) < 4.78 is 26.2. The van der Waals surface area contributed by atoms with Gasteiger partial charge in [0.05, 0.1) is 6.20 Å². The number of carboxylic acids is 1. The van der Waals surface area contributed by atoms with Crippen LogP contribution in [0.15, 0.2) is 33.6 Å². The highest BCUT2D eigenvalue weighted by Crippen LogP contribution is 2.15. The molecule has 0 unspecified atom stereocenters. The number of carbonyl (C=O) groups is 1. The molecule has 0 aliphatic carbocycles. The van der Waals surface area contributed by atoms with E-state index in [0.29, 0.717) is 15.0 Å². The minimum Gasteiger partial charge on any atom is -0.477 e. The Bertz CT molecular complexity index is 621. The van der Waals surface area contributed by atoms with Gasteiger partial charge in [0.2, 0.25) is 0 Å². The summed E-state index contributed by atoms with van der Waals surface area (Å²) in [5.74, 6) is -3.31. The van der Waals surface area contributed by atoms with Gasteiger partial charge in [0, 0.05) is 0 Å². The van der Waals surface area contributed by atoms with Crippen LogP contribution in [0.25, 0.3) is 0 Å². The van der Waals surface area contributed by atoms with Crippen molar-refractivity contribution in [1.29, 1.82) is 0 Å². The van der Waals surface area contributed by atoms with Crippen molar-refractivity contribution in [3.63, 3.8) is 0 Å². The summed E-state index contributed by atoms with van der Waals surface area (Å²) in [4.78, 5) is 17.9. The number of benzene rings is 1. The monoisotopic (exact) mass is 409 g/mol. The minimum absolute atomic E-state index is 0.401. The molecule has 1 heterocycles. The van der Waals surface area contributed by atoms with E-state index < -0.39 is 23.2 Å². The van der Waals surface area contributed by atoms with E-state index in [-0.39, 0.29) is 0 Å². The van der Waals surface area contributed by atoms with Crippen LogP contribution in [-0.4, -0.2) is 21.0 Å². The van der Waals surface area contributed by atoms with E-state index in [0.717, 1.165) is 18.2 Å². The summed E-state index contributed by atoms with van der Waals surface area (Å²) in [7, 11) is 0. The van der Waals surface area contributed by atoms with Crippen molar-refractivity contribution in [2.24, 2.45) is 0 Å². The maximum Gasteiger partial charge on any atom is 0.341 e. The van der Waals surface area contributed by atoms with Gasteiger partial charge in [-0.25, -0.2) is 23.5 Å². The average Bonchev–Trinajstić information content (AvgIpc) is 2.34. The van der Waals surface area contributed by atoms with Gasteiger partial charge in [-0.15, -0.1) is 0 Å². The number of carboxylic acid groups (broad SMARTS) is 1. The van der Waals surface area contributed by atoms with E-state index in [1.807, 2.05) is 0 Å². The highest BCUT2D eigenvalue weighted by molar-refractivity contribution is 9.11. The van der Waals surface area contributed by atoms with Gasteiger partial charge in [-0.3, -0.25) is 0 Å². The van der Waals surface area contributed by atoms with Gasteiger partial charge >= 0.3 is 5.97 Å². The predicted octanol–water partition coefficient (Wildman–Crippen LogP) is 3.25. The first kappa shape index (κ1) is 16.4. The molecule has 0 amide bonds. The third-order valence-electron chi connectivity index (χ3n) is 1.90. The maximum atomic E-state index is 12.5. The first-order valence-corrected chi connectivity index (χ1v) is 6.52. The van der Waals surface area contributed by atoms with Gasteiger partial charge in [0.1, 0.15) is 26.4 Å². The predicted molar refractivity (Wildman–Crippen MR) is 75.2 cm³/mol. The Kier molecular flexibility index (Phi) is 5.96. The molecule has 2 rings (SSSR count). The fourth-order valence-corrected chi connectivity index (χ4v) is 1.87. The van der Waals surface area contributed by atoms with Gasteiger partial charge in [0.15, 0.2) is 5.82 Å². The Morgan fingerprint density at radius 2 is 1.80 bits per heavy atom. The molecule has 0 aliphatic heterocycles. The van der Waals surface area contributed by atoms with Crippen molar-refractivity contribution in [1.82, 2.24) is 9.97 Å². The van der Waals surface area contributed by atoms with Crippen molar-refractivity contribution < 1.29 is 18.7 Å². The molecule has 0 aliphatic rings. The third-order valence-corrected chi connectivity index (χ3v) is 2.87. The van der Waals surface area contributed by atoms with Crippen LogP contribution >= 0.6 is 31.9 Å². The molecule has 2 aromatic rings. The number of aromatic carboxylic acids is 1. The minimum atomic E-state index is -1.60. The Labute approximate surface area is 129 Å². The smallest absolute Gasteiger partial charge is 0.341 e. The molecule has 20 heavy (non-hydrogen) atoms. The number of hydrogen-bond acceptors (Lipinski definition) is 4. The number of aromatic nitrogens is 2. The molecule has 0 saturated heterocycles. The molecule has 3 N–H and O–H groups in total. The highest BCUT2D eigenvalue weighted by Gasteiger charge is 2.14. The zero-order valence-electron chi connectivity index (χ0n) is 9.65. The fraction of sp³-hybridized carbons (Fsp3) is 0. The summed E-state index contributed by atoms with van der Waals surface area (Å²) in [6.45, 7) is 0. The Balaban J connectivity index is 0.000000204. The molecule has 0 saturated carbocycles. The van der Waals surface area contributed by atoms with E-state index in [9.17, 15) is 13.6 Å². The summed E-state index contributed by atoms with van der Waals surface area (Å²) in [6, 6.07) is 2.90. The molecule has 0 atom stereocenters. The molecule has 5 nitrogen and oxygen atoms in total. The van der Waals surface area contributed by atoms with Crippen molar-refractivity contribution in [3.8, 4) is 0 Å². The Morgan fingerprint density at radius 1 is 1.25 bits per heavy atom. The lowest BCUT2D eigenvalue weighted by molar-refractivity contribution is 0.0686. The van der Waals surface area contributed by atoms with Crippen LogP contribution < -0.4 is 5.73 Å². The van der Waals surface area contributed by atoms with Gasteiger partial charge < -0.3 is 10.8 Å². The van der Waals surface area contributed by atoms with Crippen LogP contribution in [0, 0.1) is 11.6 Å². The van der Waals surface area contributed by atoms with Crippen LogP contribution in [-0.2, 0) is 0 Å². The van der Waals surface area contributed by atoms with Crippen molar-refractivity contribution in [2.45, 2.75) is 0 Å². The van der Waals surface area contributed by atoms with Crippen LogP contribution in [0.2, 0.25) is 0 Å². The maximum absolute atomic E-state index is 12.5. The zero-order chi connectivity index (χ0) is 15.3. The lowest BCUT2D eigenvalue weighted by Gasteiger charge is -1.96. The molecular formula is C11H7Br2F2N3O2. The molecule has 0 bridgehead atoms. The second-order valence-electron chi connectivity index (χ2n) is 3.27. The normalized spacial score (nSPS) is 9.60. The van der Waals surface area contributed by atoms with Crippen molar-refractivity contribution in [2.75, 3.05) is 5.73 Å². The van der Waals surface area contributed by atoms with Gasteiger partial charge in [0.25, 0.3) is 0 Å². The standard InChI is InChI=1S/C7H4F2O2.C4H3Br2N3/c8-4-2-1-3-5(9)6(4)7(10)11;5-2-1-8-4(7)3(6)9-2/h1-3H,(H,10,11);1H,(H2,7,8). The Hall–Kier alpha value is -1.61. The number of anilines is 1. The zero-order valence-corrected chi connectivity index (χ0v) is 12.8. The van der Waals surface area contributed by atoms with Gasteiger partial charge in [-0.2, -0.15) is 0 Å². The van der Waals surface area contributed by atoms with E-state index in [1.165, 1.54) is 0 Å². The SMILES string of the molecule is Nc1ncc(Br)nc1Br.O=C(O)c1c(F)cccc1F. The van der Waals surface area contributed by atoms with E-state index in [1.54, 1.807) is 6.20 Å². The number of nitrogens with two attached hydrogens (primary N) is 1.